The van der Waals surface area contributed by atoms with Crippen LogP contribution < -0.4 is 4.90 Å². The largest absolute Gasteiger partial charge is 0.450 e. The monoisotopic (exact) mass is 579 g/mol. The highest BCUT2D eigenvalue weighted by Gasteiger charge is 2.31. The van der Waals surface area contributed by atoms with E-state index < -0.39 is 16.1 Å². The number of para-hydroxylation sites is 1. The third kappa shape index (κ3) is 5.69. The molecule has 4 aromatic rings. The van der Waals surface area contributed by atoms with Crippen LogP contribution in [0.25, 0.3) is 10.2 Å². The van der Waals surface area contributed by atoms with Gasteiger partial charge in [0.05, 0.1) is 34.0 Å². The number of nitrogens with zero attached hydrogens (tertiary/aromatic N) is 5. The van der Waals surface area contributed by atoms with Crippen LogP contribution in [0.4, 0.5) is 9.93 Å². The Bertz CT molecular complexity index is 1620. The molecule has 2 aromatic heterocycles. The summed E-state index contributed by atoms with van der Waals surface area (Å²) in [6, 6.07) is 17.4. The fourth-order valence-electron chi connectivity index (χ4n) is 4.47. The van der Waals surface area contributed by atoms with E-state index in [2.05, 4.69) is 4.98 Å². The van der Waals surface area contributed by atoms with Crippen molar-refractivity contribution >= 4 is 48.7 Å². The Morgan fingerprint density at radius 3 is 2.40 bits per heavy atom. The Balaban J connectivity index is 1.38. The molecule has 2 aromatic carbocycles. The lowest BCUT2D eigenvalue weighted by Gasteiger charge is -2.33. The molecule has 1 fully saturated rings. The average molecular weight is 580 g/mol. The summed E-state index contributed by atoms with van der Waals surface area (Å²) in [6.45, 7) is 5.01. The normalized spacial score (nSPS) is 14.3. The summed E-state index contributed by atoms with van der Waals surface area (Å²) in [5, 5.41) is 0.538. The second-order valence-electron chi connectivity index (χ2n) is 9.24. The van der Waals surface area contributed by atoms with Gasteiger partial charge in [0.2, 0.25) is 10.0 Å². The first-order chi connectivity index (χ1) is 19.3. The van der Waals surface area contributed by atoms with Gasteiger partial charge in [0, 0.05) is 37.9 Å². The van der Waals surface area contributed by atoms with E-state index in [0.717, 1.165) is 15.8 Å². The molecule has 0 radical (unpaired) electrons. The van der Waals surface area contributed by atoms with Gasteiger partial charge in [-0.1, -0.05) is 29.5 Å². The van der Waals surface area contributed by atoms with Crippen molar-refractivity contribution in [2.24, 2.45) is 0 Å². The number of anilines is 1. The summed E-state index contributed by atoms with van der Waals surface area (Å²) in [7, 11) is -3.80. The Kier molecular flexibility index (Phi) is 8.10. The van der Waals surface area contributed by atoms with Crippen molar-refractivity contribution in [2.75, 3.05) is 37.7 Å². The summed E-state index contributed by atoms with van der Waals surface area (Å²) < 4.78 is 33.9. The lowest BCUT2D eigenvalue weighted by molar-refractivity contribution is 0.0933. The first-order valence-corrected chi connectivity index (χ1v) is 15.1. The van der Waals surface area contributed by atoms with E-state index in [1.54, 1.807) is 18.0 Å². The minimum atomic E-state index is -3.80. The maximum atomic E-state index is 13.8. The molecule has 0 spiro atoms. The molecule has 5 rings (SSSR count). The number of carbonyl (C=O) groups is 2. The van der Waals surface area contributed by atoms with Gasteiger partial charge in [-0.15, -0.1) is 0 Å². The molecule has 0 unspecified atom stereocenters. The molecule has 1 aliphatic heterocycles. The predicted octanol–water partition coefficient (Wildman–Crippen LogP) is 4.31. The van der Waals surface area contributed by atoms with Gasteiger partial charge in [-0.3, -0.25) is 14.7 Å². The number of ether oxygens (including phenoxy) is 1. The number of carbonyl (C=O) groups excluding carboxylic acids is 2. The first kappa shape index (κ1) is 27.7. The molecule has 12 heteroatoms. The van der Waals surface area contributed by atoms with Gasteiger partial charge in [-0.25, -0.2) is 18.2 Å². The molecule has 2 amide bonds. The predicted molar refractivity (Wildman–Crippen MR) is 153 cm³/mol. The van der Waals surface area contributed by atoms with E-state index in [1.165, 1.54) is 44.8 Å². The molecular weight excluding hydrogens is 550 g/mol. The van der Waals surface area contributed by atoms with Gasteiger partial charge in [0.15, 0.2) is 5.13 Å². The van der Waals surface area contributed by atoms with Crippen molar-refractivity contribution in [1.82, 2.24) is 19.2 Å². The number of hydrogen-bond acceptors (Lipinski definition) is 8. The standard InChI is InChI=1S/C28H29N5O5S2/c1-3-38-28(35)31-15-17-32(18-16-31)40(36,37)23-12-10-21(11-13-23)26(34)33(19-22-8-4-5-14-29-22)27-30-25-20(2)7-6-9-24(25)39-27/h4-14H,3,15-19H2,1-2H3. The summed E-state index contributed by atoms with van der Waals surface area (Å²) in [6.07, 6.45) is 1.23. The fourth-order valence-corrected chi connectivity index (χ4v) is 6.93. The van der Waals surface area contributed by atoms with Crippen LogP contribution in [0, 0.1) is 6.92 Å². The van der Waals surface area contributed by atoms with E-state index in [0.29, 0.717) is 16.4 Å². The van der Waals surface area contributed by atoms with Crippen LogP contribution >= 0.6 is 11.3 Å². The fraction of sp³-hybridized carbons (Fsp3) is 0.286. The van der Waals surface area contributed by atoms with Crippen molar-refractivity contribution < 1.29 is 22.7 Å². The van der Waals surface area contributed by atoms with E-state index in [4.69, 9.17) is 9.72 Å². The highest BCUT2D eigenvalue weighted by Crippen LogP contribution is 2.32. The maximum Gasteiger partial charge on any atom is 0.409 e. The molecule has 1 saturated heterocycles. The van der Waals surface area contributed by atoms with Crippen LogP contribution in [0.1, 0.15) is 28.5 Å². The van der Waals surface area contributed by atoms with Crippen molar-refractivity contribution in [1.29, 1.82) is 0 Å². The zero-order chi connectivity index (χ0) is 28.3. The number of aryl methyl sites for hydroxylation is 1. The number of sulfonamides is 1. The number of fused-ring (bicyclic) bond motifs is 1. The lowest BCUT2D eigenvalue weighted by Crippen LogP contribution is -2.50. The van der Waals surface area contributed by atoms with Gasteiger partial charge in [-0.2, -0.15) is 4.31 Å². The number of benzene rings is 2. The number of amides is 2. The quantitative estimate of drug-likeness (QED) is 0.321. The van der Waals surface area contributed by atoms with Crippen molar-refractivity contribution in [2.45, 2.75) is 25.3 Å². The lowest BCUT2D eigenvalue weighted by atomic mass is 10.2. The van der Waals surface area contributed by atoms with Gasteiger partial charge in [-0.05, 0) is 61.9 Å². The average Bonchev–Trinajstić information content (AvgIpc) is 3.42. The van der Waals surface area contributed by atoms with Crippen LogP contribution in [0.5, 0.6) is 0 Å². The smallest absolute Gasteiger partial charge is 0.409 e. The van der Waals surface area contributed by atoms with Crippen LogP contribution in [0.2, 0.25) is 0 Å². The topological polar surface area (TPSA) is 113 Å². The molecule has 40 heavy (non-hydrogen) atoms. The zero-order valence-electron chi connectivity index (χ0n) is 22.2. The molecule has 0 saturated carbocycles. The van der Waals surface area contributed by atoms with Crippen molar-refractivity contribution in [3.05, 3.63) is 83.7 Å². The number of pyridine rings is 1. The van der Waals surface area contributed by atoms with Crippen LogP contribution in [-0.4, -0.2) is 72.4 Å². The highest BCUT2D eigenvalue weighted by atomic mass is 32.2. The summed E-state index contributed by atoms with van der Waals surface area (Å²) >= 11 is 1.42. The zero-order valence-corrected chi connectivity index (χ0v) is 23.8. The second-order valence-corrected chi connectivity index (χ2v) is 12.2. The van der Waals surface area contributed by atoms with E-state index in [9.17, 15) is 18.0 Å². The van der Waals surface area contributed by atoms with Crippen LogP contribution in [0.3, 0.4) is 0 Å². The molecule has 3 heterocycles. The van der Waals surface area contributed by atoms with Crippen LogP contribution in [0.15, 0.2) is 71.8 Å². The minimum Gasteiger partial charge on any atom is -0.450 e. The Morgan fingerprint density at radius 1 is 1.00 bits per heavy atom. The number of rotatable bonds is 7. The van der Waals surface area contributed by atoms with Crippen molar-refractivity contribution in [3.8, 4) is 0 Å². The number of piperazine rings is 1. The molecule has 0 atom stereocenters. The third-order valence-corrected chi connectivity index (χ3v) is 9.59. The Labute approximate surface area is 236 Å². The van der Waals surface area contributed by atoms with Gasteiger partial charge in [0.25, 0.3) is 5.91 Å². The molecule has 1 aliphatic rings. The Hall–Kier alpha value is -3.87. The van der Waals surface area contributed by atoms with E-state index >= 15 is 0 Å². The molecule has 10 nitrogen and oxygen atoms in total. The minimum absolute atomic E-state index is 0.0838. The molecule has 0 bridgehead atoms. The maximum absolute atomic E-state index is 13.8. The van der Waals surface area contributed by atoms with Gasteiger partial charge in [0.1, 0.15) is 0 Å². The SMILES string of the molecule is CCOC(=O)N1CCN(S(=O)(=O)c2ccc(C(=O)N(Cc3ccccn3)c3nc4c(C)cccc4s3)cc2)CC1. The number of aromatic nitrogens is 2. The number of thiazole rings is 1. The summed E-state index contributed by atoms with van der Waals surface area (Å²) in [5.74, 6) is -0.311. The van der Waals surface area contributed by atoms with E-state index in [-0.39, 0.29) is 50.1 Å². The molecule has 208 valence electrons. The first-order valence-electron chi connectivity index (χ1n) is 12.9. The van der Waals surface area contributed by atoms with E-state index in [1.807, 2.05) is 43.3 Å². The Morgan fingerprint density at radius 2 is 1.75 bits per heavy atom. The van der Waals surface area contributed by atoms with Gasteiger partial charge < -0.3 is 9.64 Å². The van der Waals surface area contributed by atoms with Gasteiger partial charge >= 0.3 is 6.09 Å². The van der Waals surface area contributed by atoms with Crippen molar-refractivity contribution in [3.63, 3.8) is 0 Å². The summed E-state index contributed by atoms with van der Waals surface area (Å²) in [4.78, 5) is 38.0. The second kappa shape index (κ2) is 11.7. The number of hydrogen-bond donors (Lipinski definition) is 0. The molecule has 0 aliphatic carbocycles. The summed E-state index contributed by atoms with van der Waals surface area (Å²) in [5.41, 5.74) is 2.89. The molecule has 0 N–H and O–H groups in total. The third-order valence-electron chi connectivity index (χ3n) is 6.64. The molecular formula is C28H29N5O5S2. The van der Waals surface area contributed by atoms with Crippen LogP contribution in [-0.2, 0) is 21.3 Å². The highest BCUT2D eigenvalue weighted by molar-refractivity contribution is 7.89.